The van der Waals surface area contributed by atoms with Crippen LogP contribution < -0.4 is 10.6 Å². The smallest absolute Gasteiger partial charge is 0.101 e. The molecule has 17 heavy (non-hydrogen) atoms. The topological polar surface area (TPSA) is 62.3 Å². The Bertz CT molecular complexity index is 439. The van der Waals surface area contributed by atoms with Gasteiger partial charge < -0.3 is 15.4 Å². The van der Waals surface area contributed by atoms with Crippen molar-refractivity contribution in [1.82, 2.24) is 0 Å². The largest absolute Gasteiger partial charge is 0.373 e. The highest BCUT2D eigenvalue weighted by Gasteiger charge is 2.21. The van der Waals surface area contributed by atoms with Crippen LogP contribution in [0.5, 0.6) is 0 Å². The van der Waals surface area contributed by atoms with Crippen molar-refractivity contribution in [2.75, 3.05) is 31.1 Å². The van der Waals surface area contributed by atoms with Crippen LogP contribution in [0.3, 0.4) is 0 Å². The second-order valence-electron chi connectivity index (χ2n) is 4.31. The number of benzene rings is 1. The van der Waals surface area contributed by atoms with E-state index in [1.165, 1.54) is 0 Å². The molecule has 0 bridgehead atoms. The minimum absolute atomic E-state index is 0.0663. The van der Waals surface area contributed by atoms with Crippen molar-refractivity contribution in [2.24, 2.45) is 5.73 Å². The fourth-order valence-electron chi connectivity index (χ4n) is 2.10. The third kappa shape index (κ3) is 2.57. The van der Waals surface area contributed by atoms with Crippen molar-refractivity contribution in [3.05, 3.63) is 29.3 Å². The molecule has 1 heterocycles. The molecule has 1 aliphatic rings. The molecule has 0 aromatic heterocycles. The highest BCUT2D eigenvalue weighted by Crippen LogP contribution is 2.23. The average molecular weight is 231 g/mol. The number of morpholine rings is 1. The molecule has 0 spiro atoms. The maximum atomic E-state index is 9.16. The number of hydrogen-bond acceptors (Lipinski definition) is 4. The number of nitrogens with zero attached hydrogens (tertiary/aromatic N) is 2. The lowest BCUT2D eigenvalue weighted by atomic mass is 10.1. The Labute approximate surface area is 102 Å². The summed E-state index contributed by atoms with van der Waals surface area (Å²) in [6.07, 6.45) is 0.0663. The van der Waals surface area contributed by atoms with Crippen LogP contribution >= 0.6 is 0 Å². The Morgan fingerprint density at radius 3 is 3.12 bits per heavy atom. The van der Waals surface area contributed by atoms with Crippen LogP contribution in [-0.2, 0) is 4.74 Å². The van der Waals surface area contributed by atoms with Crippen LogP contribution in [0, 0.1) is 18.3 Å². The van der Waals surface area contributed by atoms with Crippen LogP contribution in [0.25, 0.3) is 0 Å². The summed E-state index contributed by atoms with van der Waals surface area (Å²) in [5.74, 6) is 0. The standard InChI is InChI=1S/C13H17N3O/c1-10-2-3-13(11(6-10)7-14)16-4-5-17-12(8-15)9-16/h2-3,6,12H,4-5,8-9,15H2,1H3. The van der Waals surface area contributed by atoms with Gasteiger partial charge >= 0.3 is 0 Å². The summed E-state index contributed by atoms with van der Waals surface area (Å²) in [5, 5.41) is 9.16. The Kier molecular flexibility index (Phi) is 3.62. The van der Waals surface area contributed by atoms with Gasteiger partial charge in [-0.15, -0.1) is 0 Å². The van der Waals surface area contributed by atoms with E-state index >= 15 is 0 Å². The van der Waals surface area contributed by atoms with Crippen LogP contribution in [0.1, 0.15) is 11.1 Å². The Hall–Kier alpha value is -1.57. The minimum Gasteiger partial charge on any atom is -0.373 e. The van der Waals surface area contributed by atoms with Gasteiger partial charge in [0.1, 0.15) is 6.07 Å². The molecular weight excluding hydrogens is 214 g/mol. The van der Waals surface area contributed by atoms with Crippen molar-refractivity contribution >= 4 is 5.69 Å². The van der Waals surface area contributed by atoms with Gasteiger partial charge in [0.2, 0.25) is 0 Å². The first kappa shape index (κ1) is 11.9. The summed E-state index contributed by atoms with van der Waals surface area (Å²) < 4.78 is 5.53. The second kappa shape index (κ2) is 5.17. The highest BCUT2D eigenvalue weighted by atomic mass is 16.5. The van der Waals surface area contributed by atoms with E-state index in [2.05, 4.69) is 11.0 Å². The predicted octanol–water partition coefficient (Wildman–Crippen LogP) is 1.03. The number of aryl methyl sites for hydroxylation is 1. The van der Waals surface area contributed by atoms with E-state index < -0.39 is 0 Å². The summed E-state index contributed by atoms with van der Waals surface area (Å²) in [6, 6.07) is 8.21. The molecule has 1 atom stereocenters. The van der Waals surface area contributed by atoms with E-state index in [1.807, 2.05) is 25.1 Å². The predicted molar refractivity (Wildman–Crippen MR) is 66.9 cm³/mol. The molecule has 0 saturated carbocycles. The Balaban J connectivity index is 2.24. The fraction of sp³-hybridized carbons (Fsp3) is 0.462. The average Bonchev–Trinajstić information content (AvgIpc) is 2.38. The zero-order valence-electron chi connectivity index (χ0n) is 10.0. The number of rotatable bonds is 2. The molecule has 1 aliphatic heterocycles. The summed E-state index contributed by atoms with van der Waals surface area (Å²) in [6.45, 7) is 4.75. The van der Waals surface area contributed by atoms with Gasteiger partial charge in [0.25, 0.3) is 0 Å². The van der Waals surface area contributed by atoms with Crippen LogP contribution in [-0.4, -0.2) is 32.3 Å². The lowest BCUT2D eigenvalue weighted by molar-refractivity contribution is 0.0465. The van der Waals surface area contributed by atoms with Gasteiger partial charge in [0, 0.05) is 19.6 Å². The van der Waals surface area contributed by atoms with Crippen molar-refractivity contribution < 1.29 is 4.74 Å². The van der Waals surface area contributed by atoms with E-state index in [-0.39, 0.29) is 6.10 Å². The summed E-state index contributed by atoms with van der Waals surface area (Å²) in [4.78, 5) is 2.18. The second-order valence-corrected chi connectivity index (χ2v) is 4.31. The van der Waals surface area contributed by atoms with Crippen LogP contribution in [0.2, 0.25) is 0 Å². The Morgan fingerprint density at radius 1 is 1.59 bits per heavy atom. The van der Waals surface area contributed by atoms with Crippen molar-refractivity contribution in [2.45, 2.75) is 13.0 Å². The third-order valence-electron chi connectivity index (χ3n) is 3.01. The normalized spacial score (nSPS) is 20.1. The van der Waals surface area contributed by atoms with Crippen LogP contribution in [0.15, 0.2) is 18.2 Å². The lowest BCUT2D eigenvalue weighted by Gasteiger charge is -2.34. The quantitative estimate of drug-likeness (QED) is 0.825. The molecule has 1 aromatic rings. The van der Waals surface area contributed by atoms with Gasteiger partial charge in [-0.2, -0.15) is 5.26 Å². The molecule has 1 fully saturated rings. The molecule has 4 heteroatoms. The van der Waals surface area contributed by atoms with E-state index in [1.54, 1.807) is 0 Å². The molecule has 0 aliphatic carbocycles. The molecule has 90 valence electrons. The molecule has 0 radical (unpaired) electrons. The number of nitrogens with two attached hydrogens (primary N) is 1. The van der Waals surface area contributed by atoms with E-state index in [9.17, 15) is 0 Å². The Morgan fingerprint density at radius 2 is 2.41 bits per heavy atom. The molecule has 4 nitrogen and oxygen atoms in total. The molecule has 2 rings (SSSR count). The highest BCUT2D eigenvalue weighted by molar-refractivity contribution is 5.60. The molecule has 2 N–H and O–H groups in total. The number of nitriles is 1. The molecule has 1 aromatic carbocycles. The van der Waals surface area contributed by atoms with E-state index in [4.69, 9.17) is 15.7 Å². The van der Waals surface area contributed by atoms with Crippen molar-refractivity contribution in [3.8, 4) is 6.07 Å². The molecule has 0 amide bonds. The first-order valence-corrected chi connectivity index (χ1v) is 5.82. The van der Waals surface area contributed by atoms with Gasteiger partial charge in [0.05, 0.1) is 24.0 Å². The van der Waals surface area contributed by atoms with Crippen LogP contribution in [0.4, 0.5) is 5.69 Å². The number of anilines is 1. The molecular formula is C13H17N3O. The SMILES string of the molecule is Cc1ccc(N2CCOC(CN)C2)c(C#N)c1. The monoisotopic (exact) mass is 231 g/mol. The first-order chi connectivity index (χ1) is 8.24. The van der Waals surface area contributed by atoms with Gasteiger partial charge in [-0.25, -0.2) is 0 Å². The maximum Gasteiger partial charge on any atom is 0.101 e. The summed E-state index contributed by atoms with van der Waals surface area (Å²) >= 11 is 0. The lowest BCUT2D eigenvalue weighted by Crippen LogP contribution is -2.45. The van der Waals surface area contributed by atoms with Gasteiger partial charge in [-0.05, 0) is 24.6 Å². The third-order valence-corrected chi connectivity index (χ3v) is 3.01. The van der Waals surface area contributed by atoms with E-state index in [0.717, 1.165) is 29.9 Å². The van der Waals surface area contributed by atoms with Gasteiger partial charge in [0.15, 0.2) is 0 Å². The van der Waals surface area contributed by atoms with Gasteiger partial charge in [-0.1, -0.05) is 6.07 Å². The first-order valence-electron chi connectivity index (χ1n) is 5.82. The number of ether oxygens (including phenoxy) is 1. The molecule has 1 unspecified atom stereocenters. The van der Waals surface area contributed by atoms with E-state index in [0.29, 0.717) is 13.2 Å². The zero-order valence-corrected chi connectivity index (χ0v) is 10.0. The molecule has 1 saturated heterocycles. The van der Waals surface area contributed by atoms with Crippen molar-refractivity contribution in [1.29, 1.82) is 5.26 Å². The zero-order chi connectivity index (χ0) is 12.3. The summed E-state index contributed by atoms with van der Waals surface area (Å²) in [5.41, 5.74) is 8.44. The maximum absolute atomic E-state index is 9.16. The van der Waals surface area contributed by atoms with Crippen molar-refractivity contribution in [3.63, 3.8) is 0 Å². The minimum atomic E-state index is 0.0663. The van der Waals surface area contributed by atoms with Gasteiger partial charge in [-0.3, -0.25) is 0 Å². The number of hydrogen-bond donors (Lipinski definition) is 1. The summed E-state index contributed by atoms with van der Waals surface area (Å²) in [7, 11) is 0. The fourth-order valence-corrected chi connectivity index (χ4v) is 2.10.